The highest BCUT2D eigenvalue weighted by Crippen LogP contribution is 2.16. The molecule has 5 nitrogen and oxygen atoms in total. The monoisotopic (exact) mass is 344 g/mol. The number of carbonyl (C=O) groups is 1. The maximum absolute atomic E-state index is 11.8. The SMILES string of the molecule is O=C(CCNS(=O)(=O)c1cccs1)Nc1cccc(Cl)c1. The standard InChI is InChI=1S/C13H13ClN2O3S2/c14-10-3-1-4-11(9-10)16-12(17)6-7-15-21(18,19)13-5-2-8-20-13/h1-5,8-9,15H,6-7H2,(H,16,17). The highest BCUT2D eigenvalue weighted by Gasteiger charge is 2.14. The van der Waals surface area contributed by atoms with Crippen molar-refractivity contribution in [3.63, 3.8) is 0 Å². The fraction of sp³-hybridized carbons (Fsp3) is 0.154. The molecule has 0 unspecified atom stereocenters. The van der Waals surface area contributed by atoms with Crippen molar-refractivity contribution in [3.8, 4) is 0 Å². The van der Waals surface area contributed by atoms with Crippen LogP contribution in [0, 0.1) is 0 Å². The zero-order valence-electron chi connectivity index (χ0n) is 10.9. The second-order valence-electron chi connectivity index (χ2n) is 4.14. The molecule has 1 heterocycles. The van der Waals surface area contributed by atoms with E-state index in [-0.39, 0.29) is 23.1 Å². The van der Waals surface area contributed by atoms with Crippen LogP contribution in [0.3, 0.4) is 0 Å². The molecule has 0 aliphatic rings. The van der Waals surface area contributed by atoms with E-state index >= 15 is 0 Å². The topological polar surface area (TPSA) is 75.3 Å². The predicted octanol–water partition coefficient (Wildman–Crippen LogP) is 2.71. The quantitative estimate of drug-likeness (QED) is 0.846. The van der Waals surface area contributed by atoms with Gasteiger partial charge in [0.05, 0.1) is 0 Å². The zero-order valence-corrected chi connectivity index (χ0v) is 13.3. The molecule has 2 rings (SSSR count). The molecule has 0 saturated carbocycles. The lowest BCUT2D eigenvalue weighted by Crippen LogP contribution is -2.27. The number of benzene rings is 1. The molecule has 0 atom stereocenters. The first-order chi connectivity index (χ1) is 9.97. The van der Waals surface area contributed by atoms with Crippen molar-refractivity contribution in [2.24, 2.45) is 0 Å². The third-order valence-electron chi connectivity index (χ3n) is 2.51. The zero-order chi connectivity index (χ0) is 15.3. The largest absolute Gasteiger partial charge is 0.326 e. The van der Waals surface area contributed by atoms with Gasteiger partial charge >= 0.3 is 0 Å². The van der Waals surface area contributed by atoms with E-state index in [2.05, 4.69) is 10.0 Å². The Balaban J connectivity index is 1.82. The number of thiophene rings is 1. The highest BCUT2D eigenvalue weighted by atomic mass is 35.5. The van der Waals surface area contributed by atoms with Crippen molar-refractivity contribution >= 4 is 44.6 Å². The smallest absolute Gasteiger partial charge is 0.250 e. The van der Waals surface area contributed by atoms with Crippen LogP contribution in [0.15, 0.2) is 46.0 Å². The van der Waals surface area contributed by atoms with Crippen LogP contribution in [0.5, 0.6) is 0 Å². The Kier molecular flexibility index (Phi) is 5.35. The molecule has 0 radical (unpaired) electrons. The van der Waals surface area contributed by atoms with Gasteiger partial charge in [-0.1, -0.05) is 23.7 Å². The molecule has 2 aromatic rings. The van der Waals surface area contributed by atoms with Crippen molar-refractivity contribution in [1.82, 2.24) is 4.72 Å². The lowest BCUT2D eigenvalue weighted by atomic mass is 10.3. The van der Waals surface area contributed by atoms with Gasteiger partial charge in [-0.05, 0) is 29.6 Å². The lowest BCUT2D eigenvalue weighted by molar-refractivity contribution is -0.116. The Labute approximate surface area is 132 Å². The second-order valence-corrected chi connectivity index (χ2v) is 7.52. The van der Waals surface area contributed by atoms with Crippen molar-refractivity contribution < 1.29 is 13.2 Å². The summed E-state index contributed by atoms with van der Waals surface area (Å²) in [6, 6.07) is 9.92. The van der Waals surface area contributed by atoms with Crippen LogP contribution in [0.25, 0.3) is 0 Å². The fourth-order valence-electron chi connectivity index (χ4n) is 1.58. The van der Waals surface area contributed by atoms with E-state index in [0.29, 0.717) is 10.7 Å². The molecule has 112 valence electrons. The summed E-state index contributed by atoms with van der Waals surface area (Å²) in [5.74, 6) is -0.286. The first kappa shape index (κ1) is 16.0. The van der Waals surface area contributed by atoms with Crippen molar-refractivity contribution in [1.29, 1.82) is 0 Å². The molecular weight excluding hydrogens is 332 g/mol. The minimum Gasteiger partial charge on any atom is -0.326 e. The van der Waals surface area contributed by atoms with Gasteiger partial charge in [-0.2, -0.15) is 0 Å². The van der Waals surface area contributed by atoms with Gasteiger partial charge in [0, 0.05) is 23.7 Å². The number of hydrogen-bond donors (Lipinski definition) is 2. The van der Waals surface area contributed by atoms with Gasteiger partial charge in [-0.3, -0.25) is 4.79 Å². The third-order valence-corrected chi connectivity index (χ3v) is 5.61. The molecule has 1 aromatic heterocycles. The molecule has 1 amide bonds. The molecule has 0 bridgehead atoms. The van der Waals surface area contributed by atoms with Crippen LogP contribution in [0.2, 0.25) is 5.02 Å². The number of carbonyl (C=O) groups excluding carboxylic acids is 1. The van der Waals surface area contributed by atoms with E-state index in [4.69, 9.17) is 11.6 Å². The average molecular weight is 345 g/mol. The number of amides is 1. The van der Waals surface area contributed by atoms with Crippen LogP contribution >= 0.6 is 22.9 Å². The molecule has 0 saturated heterocycles. The summed E-state index contributed by atoms with van der Waals surface area (Å²) in [7, 11) is -3.52. The summed E-state index contributed by atoms with van der Waals surface area (Å²) in [5.41, 5.74) is 0.577. The molecule has 1 aromatic carbocycles. The molecule has 0 spiro atoms. The van der Waals surface area contributed by atoms with Gasteiger partial charge in [0.25, 0.3) is 0 Å². The predicted molar refractivity (Wildman–Crippen MR) is 84.2 cm³/mol. The Morgan fingerprint density at radius 3 is 2.71 bits per heavy atom. The number of halogens is 1. The Bertz CT molecular complexity index is 715. The minimum absolute atomic E-state index is 0.0344. The maximum atomic E-state index is 11.8. The second kappa shape index (κ2) is 7.04. The third kappa shape index (κ3) is 4.82. The van der Waals surface area contributed by atoms with E-state index in [1.807, 2.05) is 0 Å². The number of nitrogens with one attached hydrogen (secondary N) is 2. The van der Waals surface area contributed by atoms with Crippen molar-refractivity contribution in [2.75, 3.05) is 11.9 Å². The van der Waals surface area contributed by atoms with Gasteiger partial charge in [0.15, 0.2) is 0 Å². The summed E-state index contributed by atoms with van der Waals surface area (Å²) >= 11 is 6.93. The summed E-state index contributed by atoms with van der Waals surface area (Å²) in [6.07, 6.45) is 0.0388. The maximum Gasteiger partial charge on any atom is 0.250 e. The number of rotatable bonds is 6. The van der Waals surface area contributed by atoms with Crippen LogP contribution in [0.1, 0.15) is 6.42 Å². The lowest BCUT2D eigenvalue weighted by Gasteiger charge is -2.06. The van der Waals surface area contributed by atoms with Crippen molar-refractivity contribution in [2.45, 2.75) is 10.6 Å². The van der Waals surface area contributed by atoms with Gasteiger partial charge < -0.3 is 5.32 Å². The van der Waals surface area contributed by atoms with Crippen LogP contribution in [-0.4, -0.2) is 20.9 Å². The molecule has 0 aliphatic heterocycles. The molecule has 2 N–H and O–H groups in total. The van der Waals surface area contributed by atoms with E-state index in [0.717, 1.165) is 11.3 Å². The first-order valence-corrected chi connectivity index (χ1v) is 8.80. The summed E-state index contributed by atoms with van der Waals surface area (Å²) in [4.78, 5) is 11.7. The fourth-order valence-corrected chi connectivity index (χ4v) is 3.84. The number of hydrogen-bond acceptors (Lipinski definition) is 4. The molecule has 21 heavy (non-hydrogen) atoms. The summed E-state index contributed by atoms with van der Waals surface area (Å²) in [5, 5.41) is 4.85. The molecule has 8 heteroatoms. The van der Waals surface area contributed by atoms with Gasteiger partial charge in [-0.15, -0.1) is 11.3 Å². The number of sulfonamides is 1. The van der Waals surface area contributed by atoms with E-state index in [1.54, 1.807) is 35.7 Å². The van der Waals surface area contributed by atoms with Crippen molar-refractivity contribution in [3.05, 3.63) is 46.8 Å². The van der Waals surface area contributed by atoms with Crippen LogP contribution in [-0.2, 0) is 14.8 Å². The molecular formula is C13H13ClN2O3S2. The van der Waals surface area contributed by atoms with E-state index in [1.165, 1.54) is 6.07 Å². The van der Waals surface area contributed by atoms with E-state index < -0.39 is 10.0 Å². The summed E-state index contributed by atoms with van der Waals surface area (Å²) in [6.45, 7) is 0.0344. The Morgan fingerprint density at radius 2 is 2.05 bits per heavy atom. The number of anilines is 1. The minimum atomic E-state index is -3.52. The van der Waals surface area contributed by atoms with Crippen LogP contribution < -0.4 is 10.0 Å². The van der Waals surface area contributed by atoms with E-state index in [9.17, 15) is 13.2 Å². The average Bonchev–Trinajstić information content (AvgIpc) is 2.93. The van der Waals surface area contributed by atoms with Gasteiger partial charge in [0.1, 0.15) is 4.21 Å². The van der Waals surface area contributed by atoms with Gasteiger partial charge in [0.2, 0.25) is 15.9 Å². The van der Waals surface area contributed by atoms with Gasteiger partial charge in [-0.25, -0.2) is 13.1 Å². The highest BCUT2D eigenvalue weighted by molar-refractivity contribution is 7.91. The normalized spacial score (nSPS) is 11.3. The Hall–Kier alpha value is -1.41. The first-order valence-electron chi connectivity index (χ1n) is 6.06. The molecule has 0 aliphatic carbocycles. The van der Waals surface area contributed by atoms with Crippen LogP contribution in [0.4, 0.5) is 5.69 Å². The molecule has 0 fully saturated rings. The summed E-state index contributed by atoms with van der Waals surface area (Å²) < 4.78 is 26.3. The Morgan fingerprint density at radius 1 is 1.24 bits per heavy atom.